The number of alkyl halides is 3. The third kappa shape index (κ3) is 4.08. The molecule has 0 spiro atoms. The SMILES string of the molecule is CCOC(=O)[C@H]1[C@H](C(=O)NN)[C@@H]1C(=O)Nc1cccc(C(F)(F)F)c1. The molecule has 0 heterocycles. The van der Waals surface area contributed by atoms with Gasteiger partial charge in [-0.1, -0.05) is 6.07 Å². The van der Waals surface area contributed by atoms with E-state index in [9.17, 15) is 27.6 Å². The van der Waals surface area contributed by atoms with Gasteiger partial charge in [-0.05, 0) is 25.1 Å². The number of esters is 1. The number of hydrogen-bond donors (Lipinski definition) is 3. The van der Waals surface area contributed by atoms with Gasteiger partial charge in [0.05, 0.1) is 29.9 Å². The number of hydrogen-bond acceptors (Lipinski definition) is 5. The zero-order valence-corrected chi connectivity index (χ0v) is 13.1. The second kappa shape index (κ2) is 7.09. The van der Waals surface area contributed by atoms with Gasteiger partial charge < -0.3 is 10.1 Å². The summed E-state index contributed by atoms with van der Waals surface area (Å²) in [5.41, 5.74) is 0.829. The van der Waals surface area contributed by atoms with Crippen molar-refractivity contribution >= 4 is 23.5 Å². The van der Waals surface area contributed by atoms with Crippen LogP contribution >= 0.6 is 0 Å². The molecule has 1 fully saturated rings. The highest BCUT2D eigenvalue weighted by molar-refractivity contribution is 6.05. The molecule has 3 atom stereocenters. The van der Waals surface area contributed by atoms with Crippen LogP contribution in [0.3, 0.4) is 0 Å². The Hall–Kier alpha value is -2.62. The quantitative estimate of drug-likeness (QED) is 0.315. The monoisotopic (exact) mass is 359 g/mol. The van der Waals surface area contributed by atoms with Crippen molar-refractivity contribution in [3.63, 3.8) is 0 Å². The van der Waals surface area contributed by atoms with Crippen molar-refractivity contribution < 1.29 is 32.3 Å². The van der Waals surface area contributed by atoms with Crippen LogP contribution in [0.25, 0.3) is 0 Å². The number of anilines is 1. The van der Waals surface area contributed by atoms with Gasteiger partial charge in [0.2, 0.25) is 11.8 Å². The summed E-state index contributed by atoms with van der Waals surface area (Å²) in [5, 5.41) is 2.28. The molecule has 0 aliphatic heterocycles. The number of ether oxygens (including phenoxy) is 1. The summed E-state index contributed by atoms with van der Waals surface area (Å²) in [6, 6.07) is 4.03. The molecule has 136 valence electrons. The molecule has 10 heteroatoms. The third-order valence-corrected chi connectivity index (χ3v) is 3.78. The van der Waals surface area contributed by atoms with Gasteiger partial charge in [0.25, 0.3) is 0 Å². The number of hydrazine groups is 1. The van der Waals surface area contributed by atoms with Crippen LogP contribution in [0.2, 0.25) is 0 Å². The van der Waals surface area contributed by atoms with Gasteiger partial charge in [0.1, 0.15) is 0 Å². The van der Waals surface area contributed by atoms with Crippen LogP contribution in [0, 0.1) is 17.8 Å². The molecule has 1 aromatic carbocycles. The maximum atomic E-state index is 12.7. The predicted octanol–water partition coefficient (Wildman–Crippen LogP) is 1.06. The van der Waals surface area contributed by atoms with Crippen LogP contribution in [0.4, 0.5) is 18.9 Å². The summed E-state index contributed by atoms with van der Waals surface area (Å²) in [6.45, 7) is 1.63. The minimum atomic E-state index is -4.56. The van der Waals surface area contributed by atoms with Crippen molar-refractivity contribution in [2.45, 2.75) is 13.1 Å². The smallest absolute Gasteiger partial charge is 0.416 e. The Bertz CT molecular complexity index is 693. The first-order valence-electron chi connectivity index (χ1n) is 7.36. The maximum absolute atomic E-state index is 12.7. The van der Waals surface area contributed by atoms with Gasteiger partial charge >= 0.3 is 12.1 Å². The van der Waals surface area contributed by atoms with Gasteiger partial charge in [-0.3, -0.25) is 19.8 Å². The maximum Gasteiger partial charge on any atom is 0.416 e. The Kier molecular flexibility index (Phi) is 5.31. The average molecular weight is 359 g/mol. The molecule has 1 saturated carbocycles. The van der Waals surface area contributed by atoms with E-state index in [1.54, 1.807) is 6.92 Å². The number of nitrogens with two attached hydrogens (primary N) is 1. The second-order valence-corrected chi connectivity index (χ2v) is 5.41. The molecule has 2 amide bonds. The summed E-state index contributed by atoms with van der Waals surface area (Å²) >= 11 is 0. The van der Waals surface area contributed by atoms with E-state index in [0.717, 1.165) is 18.2 Å². The Balaban J connectivity index is 2.14. The second-order valence-electron chi connectivity index (χ2n) is 5.41. The molecule has 2 rings (SSSR count). The van der Waals surface area contributed by atoms with Crippen LogP contribution < -0.4 is 16.6 Å². The lowest BCUT2D eigenvalue weighted by atomic mass is 10.2. The van der Waals surface area contributed by atoms with Crippen molar-refractivity contribution in [3.8, 4) is 0 Å². The fourth-order valence-corrected chi connectivity index (χ4v) is 2.59. The Morgan fingerprint density at radius 2 is 1.80 bits per heavy atom. The molecule has 0 unspecified atom stereocenters. The summed E-state index contributed by atoms with van der Waals surface area (Å²) in [5.74, 6) is -0.287. The van der Waals surface area contributed by atoms with Gasteiger partial charge in [-0.2, -0.15) is 13.2 Å². The normalized spacial score (nSPS) is 22.0. The highest BCUT2D eigenvalue weighted by atomic mass is 19.4. The van der Waals surface area contributed by atoms with E-state index in [1.807, 2.05) is 5.43 Å². The average Bonchev–Trinajstić information content (AvgIpc) is 3.29. The molecule has 0 radical (unpaired) electrons. The van der Waals surface area contributed by atoms with Crippen LogP contribution in [-0.4, -0.2) is 24.4 Å². The zero-order valence-electron chi connectivity index (χ0n) is 13.1. The summed E-state index contributed by atoms with van der Waals surface area (Å²) in [7, 11) is 0. The topological polar surface area (TPSA) is 111 Å². The predicted molar refractivity (Wildman–Crippen MR) is 79.5 cm³/mol. The molecule has 0 saturated heterocycles. The molecular weight excluding hydrogens is 343 g/mol. The minimum absolute atomic E-state index is 0.0638. The van der Waals surface area contributed by atoms with E-state index in [1.165, 1.54) is 6.07 Å². The van der Waals surface area contributed by atoms with Crippen molar-refractivity contribution in [2.75, 3.05) is 11.9 Å². The first-order valence-corrected chi connectivity index (χ1v) is 7.36. The summed E-state index contributed by atoms with van der Waals surface area (Å²) in [4.78, 5) is 35.8. The highest BCUT2D eigenvalue weighted by Gasteiger charge is 2.63. The number of benzene rings is 1. The first kappa shape index (κ1) is 18.7. The first-order chi connectivity index (χ1) is 11.7. The van der Waals surface area contributed by atoms with Crippen molar-refractivity contribution in [3.05, 3.63) is 29.8 Å². The van der Waals surface area contributed by atoms with Gasteiger partial charge in [0, 0.05) is 5.69 Å². The lowest BCUT2D eigenvalue weighted by Crippen LogP contribution is -2.33. The molecule has 7 nitrogen and oxygen atoms in total. The van der Waals surface area contributed by atoms with E-state index in [4.69, 9.17) is 10.6 Å². The molecule has 1 aliphatic carbocycles. The number of carbonyl (C=O) groups is 3. The van der Waals surface area contributed by atoms with E-state index < -0.39 is 47.3 Å². The molecule has 0 aromatic heterocycles. The van der Waals surface area contributed by atoms with Gasteiger partial charge in [0.15, 0.2) is 0 Å². The number of rotatable bonds is 5. The lowest BCUT2D eigenvalue weighted by molar-refractivity contribution is -0.146. The Labute approximate surface area is 140 Å². The van der Waals surface area contributed by atoms with Crippen molar-refractivity contribution in [2.24, 2.45) is 23.6 Å². The largest absolute Gasteiger partial charge is 0.466 e. The fourth-order valence-electron chi connectivity index (χ4n) is 2.59. The molecular formula is C15H16F3N3O4. The van der Waals surface area contributed by atoms with Crippen LogP contribution in [0.5, 0.6) is 0 Å². The number of amides is 2. The lowest BCUT2D eigenvalue weighted by Gasteiger charge is -2.10. The van der Waals surface area contributed by atoms with Crippen LogP contribution in [-0.2, 0) is 25.3 Å². The Morgan fingerprint density at radius 3 is 2.36 bits per heavy atom. The van der Waals surface area contributed by atoms with E-state index in [0.29, 0.717) is 0 Å². The van der Waals surface area contributed by atoms with E-state index >= 15 is 0 Å². The molecule has 4 N–H and O–H groups in total. The molecule has 1 aliphatic rings. The van der Waals surface area contributed by atoms with Crippen molar-refractivity contribution in [1.29, 1.82) is 0 Å². The zero-order chi connectivity index (χ0) is 18.8. The third-order valence-electron chi connectivity index (χ3n) is 3.78. The summed E-state index contributed by atoms with van der Waals surface area (Å²) in [6.07, 6.45) is -4.56. The minimum Gasteiger partial charge on any atom is -0.466 e. The number of nitrogens with one attached hydrogen (secondary N) is 2. The molecule has 25 heavy (non-hydrogen) atoms. The number of carbonyl (C=O) groups excluding carboxylic acids is 3. The molecule has 1 aromatic rings. The van der Waals surface area contributed by atoms with Gasteiger partial charge in [-0.25, -0.2) is 5.84 Å². The summed E-state index contributed by atoms with van der Waals surface area (Å²) < 4.78 is 42.9. The van der Waals surface area contributed by atoms with Gasteiger partial charge in [-0.15, -0.1) is 0 Å². The standard InChI is InChI=1S/C15H16F3N3O4/c1-2-25-14(24)11-9(10(11)13(23)21-19)12(22)20-8-5-3-4-7(6-8)15(16,17)18/h3-6,9-11H,2,19H2,1H3,(H,20,22)(H,21,23)/t9-,10+,11+/m0/s1. The fraction of sp³-hybridized carbons (Fsp3) is 0.400. The Morgan fingerprint density at radius 1 is 1.16 bits per heavy atom. The molecule has 0 bridgehead atoms. The van der Waals surface area contributed by atoms with Crippen LogP contribution in [0.1, 0.15) is 12.5 Å². The van der Waals surface area contributed by atoms with E-state index in [-0.39, 0.29) is 12.3 Å². The van der Waals surface area contributed by atoms with Crippen molar-refractivity contribution in [1.82, 2.24) is 5.43 Å². The van der Waals surface area contributed by atoms with Crippen LogP contribution in [0.15, 0.2) is 24.3 Å². The number of halogens is 3. The highest BCUT2D eigenvalue weighted by Crippen LogP contribution is 2.48. The van der Waals surface area contributed by atoms with E-state index in [2.05, 4.69) is 5.32 Å².